The first kappa shape index (κ1) is 15.2. The Hall–Kier alpha value is -1.89. The maximum atomic E-state index is 12.0. The van der Waals surface area contributed by atoms with Gasteiger partial charge in [-0.05, 0) is 34.1 Å². The number of methoxy groups -OCH3 is 1. The largest absolute Gasteiger partial charge is 0.496 e. The van der Waals surface area contributed by atoms with Crippen molar-refractivity contribution in [2.75, 3.05) is 26.7 Å². The van der Waals surface area contributed by atoms with Crippen molar-refractivity contribution in [1.29, 1.82) is 10.5 Å². The number of carbonyl (C=O) groups is 1. The molecule has 0 bridgehead atoms. The minimum absolute atomic E-state index is 0.0416. The normalized spacial score (nSPS) is 9.74. The smallest absolute Gasteiger partial charge is 0.176 e. The quantitative estimate of drug-likeness (QED) is 0.591. The predicted octanol–water partition coefficient (Wildman–Crippen LogP) is 1.99. The third-order valence-electron chi connectivity index (χ3n) is 2.43. The molecule has 0 aromatic heterocycles. The number of Topliss-reactive ketones (excluding diaryl/α,β-unsaturated/α-hetero) is 1. The lowest BCUT2D eigenvalue weighted by molar-refractivity contribution is 0.0946. The maximum absolute atomic E-state index is 12.0. The average molecular weight is 322 g/mol. The Bertz CT molecular complexity index is 530. The van der Waals surface area contributed by atoms with E-state index in [1.165, 1.54) is 4.90 Å². The van der Waals surface area contributed by atoms with Crippen LogP contribution in [-0.4, -0.2) is 37.4 Å². The number of nitriles is 2. The van der Waals surface area contributed by atoms with Crippen molar-refractivity contribution < 1.29 is 9.53 Å². The Morgan fingerprint density at radius 3 is 2.47 bits per heavy atom. The zero-order valence-corrected chi connectivity index (χ0v) is 12.0. The van der Waals surface area contributed by atoms with Crippen LogP contribution in [0.15, 0.2) is 22.7 Å². The molecule has 0 heterocycles. The molecule has 0 amide bonds. The van der Waals surface area contributed by atoms with E-state index in [0.717, 1.165) is 0 Å². The SMILES string of the molecule is COc1ccc(C(=O)CN(CC#N)CC#N)cc1Br. The second-order valence-electron chi connectivity index (χ2n) is 3.73. The number of hydrogen-bond acceptors (Lipinski definition) is 5. The van der Waals surface area contributed by atoms with Crippen LogP contribution in [0, 0.1) is 22.7 Å². The number of carbonyl (C=O) groups excluding carboxylic acids is 1. The average Bonchev–Trinajstić information content (AvgIpc) is 2.39. The van der Waals surface area contributed by atoms with Gasteiger partial charge in [-0.25, -0.2) is 0 Å². The third kappa shape index (κ3) is 4.36. The molecule has 0 saturated heterocycles. The van der Waals surface area contributed by atoms with E-state index in [2.05, 4.69) is 15.9 Å². The Kier molecular flexibility index (Phi) is 6.01. The van der Waals surface area contributed by atoms with Gasteiger partial charge in [-0.2, -0.15) is 10.5 Å². The minimum Gasteiger partial charge on any atom is -0.496 e. The molecule has 0 unspecified atom stereocenters. The molecule has 5 nitrogen and oxygen atoms in total. The van der Waals surface area contributed by atoms with E-state index in [1.807, 2.05) is 12.1 Å². The molecule has 0 atom stereocenters. The fourth-order valence-electron chi connectivity index (χ4n) is 1.50. The van der Waals surface area contributed by atoms with Crippen molar-refractivity contribution in [3.05, 3.63) is 28.2 Å². The summed E-state index contributed by atoms with van der Waals surface area (Å²) in [4.78, 5) is 13.5. The summed E-state index contributed by atoms with van der Waals surface area (Å²) in [7, 11) is 1.54. The van der Waals surface area contributed by atoms with Crippen LogP contribution in [0.25, 0.3) is 0 Å². The Morgan fingerprint density at radius 1 is 1.37 bits per heavy atom. The number of rotatable bonds is 6. The van der Waals surface area contributed by atoms with Crippen LogP contribution in [0.2, 0.25) is 0 Å². The summed E-state index contributed by atoms with van der Waals surface area (Å²) in [6.07, 6.45) is 0. The lowest BCUT2D eigenvalue weighted by Crippen LogP contribution is -2.30. The van der Waals surface area contributed by atoms with Gasteiger partial charge in [0.15, 0.2) is 5.78 Å². The molecule has 0 aliphatic rings. The minimum atomic E-state index is -0.145. The van der Waals surface area contributed by atoms with Gasteiger partial charge in [-0.15, -0.1) is 0 Å². The second-order valence-corrected chi connectivity index (χ2v) is 4.59. The van der Waals surface area contributed by atoms with Crippen LogP contribution in [0.3, 0.4) is 0 Å². The van der Waals surface area contributed by atoms with Gasteiger partial charge in [0.05, 0.1) is 43.4 Å². The monoisotopic (exact) mass is 321 g/mol. The molecule has 0 radical (unpaired) electrons. The van der Waals surface area contributed by atoms with Crippen LogP contribution >= 0.6 is 15.9 Å². The standard InChI is InChI=1S/C13H12BrN3O2/c1-19-13-3-2-10(8-11(13)14)12(18)9-17(6-4-15)7-5-16/h2-3,8H,6-7,9H2,1H3. The van der Waals surface area contributed by atoms with Gasteiger partial charge >= 0.3 is 0 Å². The van der Waals surface area contributed by atoms with E-state index in [-0.39, 0.29) is 25.4 Å². The second kappa shape index (κ2) is 7.52. The summed E-state index contributed by atoms with van der Waals surface area (Å²) in [6, 6.07) is 8.88. The van der Waals surface area contributed by atoms with Crippen LogP contribution in [0.1, 0.15) is 10.4 Å². The zero-order valence-electron chi connectivity index (χ0n) is 10.4. The Balaban J connectivity index is 2.80. The highest BCUT2D eigenvalue weighted by Crippen LogP contribution is 2.25. The number of benzene rings is 1. The summed E-state index contributed by atoms with van der Waals surface area (Å²) in [6.45, 7) is 0.146. The van der Waals surface area contributed by atoms with Gasteiger partial charge < -0.3 is 4.74 Å². The van der Waals surface area contributed by atoms with E-state index in [4.69, 9.17) is 15.3 Å². The summed E-state index contributed by atoms with van der Waals surface area (Å²) in [5.74, 6) is 0.497. The Morgan fingerprint density at radius 2 is 2.00 bits per heavy atom. The van der Waals surface area contributed by atoms with Gasteiger partial charge in [0, 0.05) is 5.56 Å². The molecule has 19 heavy (non-hydrogen) atoms. The first-order valence-electron chi connectivity index (χ1n) is 5.45. The molecule has 0 saturated carbocycles. The molecule has 1 rings (SSSR count). The molecule has 0 spiro atoms. The molecule has 98 valence electrons. The maximum Gasteiger partial charge on any atom is 0.176 e. The zero-order chi connectivity index (χ0) is 14.3. The first-order valence-corrected chi connectivity index (χ1v) is 6.24. The van der Waals surface area contributed by atoms with Crippen molar-refractivity contribution in [3.8, 4) is 17.9 Å². The summed E-state index contributed by atoms with van der Waals surface area (Å²) < 4.78 is 5.77. The fraction of sp³-hybridized carbons (Fsp3) is 0.308. The van der Waals surface area contributed by atoms with Gasteiger partial charge in [-0.1, -0.05) is 0 Å². The summed E-state index contributed by atoms with van der Waals surface area (Å²) in [5, 5.41) is 17.2. The number of halogens is 1. The number of ether oxygens (including phenoxy) is 1. The Labute approximate surface area is 120 Å². The van der Waals surface area contributed by atoms with Gasteiger partial charge in [-0.3, -0.25) is 9.69 Å². The van der Waals surface area contributed by atoms with Crippen molar-refractivity contribution in [1.82, 2.24) is 4.90 Å². The van der Waals surface area contributed by atoms with Gasteiger partial charge in [0.1, 0.15) is 5.75 Å². The molecule has 0 aliphatic carbocycles. The van der Waals surface area contributed by atoms with Crippen molar-refractivity contribution in [3.63, 3.8) is 0 Å². The highest BCUT2D eigenvalue weighted by atomic mass is 79.9. The van der Waals surface area contributed by atoms with E-state index < -0.39 is 0 Å². The molecule has 1 aromatic rings. The fourth-order valence-corrected chi connectivity index (χ4v) is 2.04. The number of ketones is 1. The van der Waals surface area contributed by atoms with Crippen molar-refractivity contribution in [2.24, 2.45) is 0 Å². The third-order valence-corrected chi connectivity index (χ3v) is 3.05. The van der Waals surface area contributed by atoms with Crippen molar-refractivity contribution >= 4 is 21.7 Å². The molecule has 0 N–H and O–H groups in total. The molecule has 0 fully saturated rings. The van der Waals surface area contributed by atoms with Crippen molar-refractivity contribution in [2.45, 2.75) is 0 Å². The number of hydrogen-bond donors (Lipinski definition) is 0. The molecule has 0 aliphatic heterocycles. The summed E-state index contributed by atoms with van der Waals surface area (Å²) in [5.41, 5.74) is 0.508. The van der Waals surface area contributed by atoms with E-state index >= 15 is 0 Å². The lowest BCUT2D eigenvalue weighted by Gasteiger charge is -2.14. The molecule has 6 heteroatoms. The molecule has 1 aromatic carbocycles. The summed E-state index contributed by atoms with van der Waals surface area (Å²) >= 11 is 3.31. The van der Waals surface area contributed by atoms with Crippen LogP contribution in [-0.2, 0) is 0 Å². The lowest BCUT2D eigenvalue weighted by atomic mass is 10.1. The highest BCUT2D eigenvalue weighted by molar-refractivity contribution is 9.10. The van der Waals surface area contributed by atoms with E-state index in [0.29, 0.717) is 15.8 Å². The number of nitrogens with zero attached hydrogens (tertiary/aromatic N) is 3. The first-order chi connectivity index (χ1) is 9.12. The van der Waals surface area contributed by atoms with Gasteiger partial charge in [0.2, 0.25) is 0 Å². The van der Waals surface area contributed by atoms with E-state index in [1.54, 1.807) is 25.3 Å². The van der Waals surface area contributed by atoms with Crippen LogP contribution < -0.4 is 4.74 Å². The predicted molar refractivity (Wildman–Crippen MR) is 72.7 cm³/mol. The topological polar surface area (TPSA) is 77.1 Å². The molecular weight excluding hydrogens is 310 g/mol. The highest BCUT2D eigenvalue weighted by Gasteiger charge is 2.13. The van der Waals surface area contributed by atoms with Crippen LogP contribution in [0.5, 0.6) is 5.75 Å². The van der Waals surface area contributed by atoms with Crippen LogP contribution in [0.4, 0.5) is 0 Å². The van der Waals surface area contributed by atoms with Gasteiger partial charge in [0.25, 0.3) is 0 Å². The van der Waals surface area contributed by atoms with E-state index in [9.17, 15) is 4.79 Å². The molecular formula is C13H12BrN3O2.